The lowest BCUT2D eigenvalue weighted by Crippen LogP contribution is -2.21. The lowest BCUT2D eigenvalue weighted by Gasteiger charge is -2.18. The lowest BCUT2D eigenvalue weighted by molar-refractivity contribution is -0.118. The Bertz CT molecular complexity index is 698. The molecule has 0 saturated carbocycles. The number of anilines is 1. The van der Waals surface area contributed by atoms with Crippen molar-refractivity contribution >= 4 is 11.6 Å². The summed E-state index contributed by atoms with van der Waals surface area (Å²) in [5.41, 5.74) is 4.27. The van der Waals surface area contributed by atoms with Crippen LogP contribution in [0, 0.1) is 0 Å². The van der Waals surface area contributed by atoms with E-state index in [1.807, 2.05) is 30.3 Å². The maximum absolute atomic E-state index is 12.2. The van der Waals surface area contributed by atoms with Gasteiger partial charge >= 0.3 is 0 Å². The Morgan fingerprint density at radius 1 is 1.22 bits per heavy atom. The third-order valence-electron chi connectivity index (χ3n) is 4.22. The molecule has 0 fully saturated rings. The number of aromatic nitrogens is 1. The van der Waals surface area contributed by atoms with E-state index in [0.717, 1.165) is 48.4 Å². The molecule has 1 aromatic carbocycles. The van der Waals surface area contributed by atoms with Crippen molar-refractivity contribution in [1.82, 2.24) is 4.98 Å². The number of amides is 1. The fraction of sp³-hybridized carbons (Fsp3) is 0.368. The van der Waals surface area contributed by atoms with Crippen LogP contribution in [0.4, 0.5) is 5.69 Å². The van der Waals surface area contributed by atoms with Gasteiger partial charge in [-0.3, -0.25) is 9.78 Å². The van der Waals surface area contributed by atoms with Gasteiger partial charge in [0.05, 0.1) is 0 Å². The molecule has 23 heavy (non-hydrogen) atoms. The topological polar surface area (TPSA) is 51.2 Å². The third kappa shape index (κ3) is 3.70. The molecule has 0 spiro atoms. The molecule has 1 N–H and O–H groups in total. The Morgan fingerprint density at radius 3 is 2.91 bits per heavy atom. The zero-order valence-electron chi connectivity index (χ0n) is 13.5. The van der Waals surface area contributed by atoms with Crippen molar-refractivity contribution in [3.8, 4) is 5.75 Å². The summed E-state index contributed by atoms with van der Waals surface area (Å²) < 4.78 is 5.76. The normalized spacial score (nSPS) is 13.3. The lowest BCUT2D eigenvalue weighted by atomic mass is 9.95. The summed E-state index contributed by atoms with van der Waals surface area (Å²) >= 11 is 0. The van der Waals surface area contributed by atoms with Crippen LogP contribution in [-0.4, -0.2) is 17.5 Å². The highest BCUT2D eigenvalue weighted by molar-refractivity contribution is 5.92. The van der Waals surface area contributed by atoms with E-state index in [9.17, 15) is 4.79 Å². The zero-order valence-corrected chi connectivity index (χ0v) is 13.5. The molecule has 1 aromatic heterocycles. The Hall–Kier alpha value is -2.36. The number of aryl methyl sites for hydroxylation is 2. The second kappa shape index (κ2) is 7.27. The molecular weight excluding hydrogens is 288 g/mol. The predicted molar refractivity (Wildman–Crippen MR) is 90.8 cm³/mol. The van der Waals surface area contributed by atoms with E-state index in [4.69, 9.17) is 4.74 Å². The van der Waals surface area contributed by atoms with E-state index in [0.29, 0.717) is 0 Å². The van der Waals surface area contributed by atoms with Gasteiger partial charge < -0.3 is 10.1 Å². The average molecular weight is 310 g/mol. The summed E-state index contributed by atoms with van der Waals surface area (Å²) in [5, 5.41) is 2.93. The second-order valence-corrected chi connectivity index (χ2v) is 5.79. The van der Waals surface area contributed by atoms with Crippen molar-refractivity contribution < 1.29 is 9.53 Å². The number of ether oxygens (including phenoxy) is 1. The summed E-state index contributed by atoms with van der Waals surface area (Å²) in [5.74, 6) is 0.667. The number of para-hydroxylation sites is 1. The molecule has 2 aromatic rings. The van der Waals surface area contributed by atoms with Crippen LogP contribution in [0.3, 0.4) is 0 Å². The van der Waals surface area contributed by atoms with Gasteiger partial charge in [-0.05, 0) is 49.8 Å². The molecule has 3 rings (SSSR count). The maximum atomic E-state index is 12.2. The van der Waals surface area contributed by atoms with E-state index >= 15 is 0 Å². The smallest absolute Gasteiger partial charge is 0.262 e. The first-order valence-corrected chi connectivity index (χ1v) is 8.25. The molecule has 4 heteroatoms. The molecule has 0 radical (unpaired) electrons. The molecule has 0 atom stereocenters. The molecule has 4 nitrogen and oxygen atoms in total. The Kier molecular flexibility index (Phi) is 4.91. The Morgan fingerprint density at radius 2 is 2.04 bits per heavy atom. The average Bonchev–Trinajstić information content (AvgIpc) is 2.60. The fourth-order valence-corrected chi connectivity index (χ4v) is 3.01. The number of benzene rings is 1. The van der Waals surface area contributed by atoms with Crippen molar-refractivity contribution in [1.29, 1.82) is 0 Å². The van der Waals surface area contributed by atoms with Gasteiger partial charge in [-0.15, -0.1) is 0 Å². The molecule has 0 aliphatic heterocycles. The fourth-order valence-electron chi connectivity index (χ4n) is 3.01. The number of nitrogens with zero attached hydrogens (tertiary/aromatic N) is 1. The number of hydrogen-bond donors (Lipinski definition) is 1. The van der Waals surface area contributed by atoms with Crippen LogP contribution in [0.25, 0.3) is 0 Å². The van der Waals surface area contributed by atoms with E-state index in [-0.39, 0.29) is 12.5 Å². The molecule has 0 bridgehead atoms. The van der Waals surface area contributed by atoms with Crippen LogP contribution in [0.2, 0.25) is 0 Å². The minimum Gasteiger partial charge on any atom is -0.483 e. The van der Waals surface area contributed by atoms with E-state index < -0.39 is 0 Å². The van der Waals surface area contributed by atoms with E-state index in [1.165, 1.54) is 12.0 Å². The van der Waals surface area contributed by atoms with E-state index in [1.54, 1.807) is 6.20 Å². The van der Waals surface area contributed by atoms with Crippen molar-refractivity contribution in [2.45, 2.75) is 39.0 Å². The van der Waals surface area contributed by atoms with Gasteiger partial charge in [0.15, 0.2) is 6.61 Å². The van der Waals surface area contributed by atoms with Gasteiger partial charge in [0.25, 0.3) is 5.91 Å². The maximum Gasteiger partial charge on any atom is 0.262 e. The Balaban J connectivity index is 1.63. The largest absolute Gasteiger partial charge is 0.483 e. The minimum atomic E-state index is -0.132. The standard InChI is InChI=1S/C19H22N2O2/c1-2-14-7-3-5-9-16(14)21-19(22)13-23-18-11-12-20-17-10-6-4-8-15(17)18/h3,5,7,9,11-12H,2,4,6,8,10,13H2,1H3,(H,21,22). The molecule has 1 heterocycles. The minimum absolute atomic E-state index is 0.0223. The third-order valence-corrected chi connectivity index (χ3v) is 4.22. The second-order valence-electron chi connectivity index (χ2n) is 5.79. The number of carbonyl (C=O) groups excluding carboxylic acids is 1. The zero-order chi connectivity index (χ0) is 16.1. The van der Waals surface area contributed by atoms with Gasteiger partial charge in [-0.1, -0.05) is 25.1 Å². The van der Waals surface area contributed by atoms with Crippen LogP contribution in [0.5, 0.6) is 5.75 Å². The summed E-state index contributed by atoms with van der Waals surface area (Å²) in [7, 11) is 0. The number of carbonyl (C=O) groups is 1. The molecule has 0 unspecified atom stereocenters. The van der Waals surface area contributed by atoms with Gasteiger partial charge in [-0.25, -0.2) is 0 Å². The van der Waals surface area contributed by atoms with Gasteiger partial charge in [0.1, 0.15) is 5.75 Å². The highest BCUT2D eigenvalue weighted by Crippen LogP contribution is 2.27. The first kappa shape index (κ1) is 15.5. The summed E-state index contributed by atoms with van der Waals surface area (Å²) in [6.07, 6.45) is 6.98. The Labute approximate surface area is 136 Å². The van der Waals surface area contributed by atoms with Crippen LogP contribution >= 0.6 is 0 Å². The van der Waals surface area contributed by atoms with Crippen LogP contribution in [-0.2, 0) is 24.1 Å². The van der Waals surface area contributed by atoms with Crippen molar-refractivity contribution in [3.05, 3.63) is 53.3 Å². The number of pyridine rings is 1. The summed E-state index contributed by atoms with van der Waals surface area (Å²) in [6, 6.07) is 9.71. The van der Waals surface area contributed by atoms with Crippen LogP contribution < -0.4 is 10.1 Å². The monoisotopic (exact) mass is 310 g/mol. The van der Waals surface area contributed by atoms with Crippen molar-refractivity contribution in [2.75, 3.05) is 11.9 Å². The van der Waals surface area contributed by atoms with Gasteiger partial charge in [0, 0.05) is 23.1 Å². The molecular formula is C19H22N2O2. The molecule has 1 aliphatic rings. The van der Waals surface area contributed by atoms with Crippen molar-refractivity contribution in [2.24, 2.45) is 0 Å². The first-order chi connectivity index (χ1) is 11.3. The number of nitrogens with one attached hydrogen (secondary N) is 1. The number of fused-ring (bicyclic) bond motifs is 1. The van der Waals surface area contributed by atoms with Crippen LogP contribution in [0.1, 0.15) is 36.6 Å². The van der Waals surface area contributed by atoms with Gasteiger partial charge in [-0.2, -0.15) is 0 Å². The van der Waals surface area contributed by atoms with Gasteiger partial charge in [0.2, 0.25) is 0 Å². The molecule has 1 aliphatic carbocycles. The summed E-state index contributed by atoms with van der Waals surface area (Å²) in [4.78, 5) is 16.6. The molecule has 0 saturated heterocycles. The van der Waals surface area contributed by atoms with Crippen LogP contribution in [0.15, 0.2) is 36.5 Å². The quantitative estimate of drug-likeness (QED) is 0.919. The molecule has 120 valence electrons. The highest BCUT2D eigenvalue weighted by Gasteiger charge is 2.16. The first-order valence-electron chi connectivity index (χ1n) is 8.25. The number of hydrogen-bond acceptors (Lipinski definition) is 3. The predicted octanol–water partition coefficient (Wildman–Crippen LogP) is 3.54. The summed E-state index contributed by atoms with van der Waals surface area (Å²) in [6.45, 7) is 2.10. The van der Waals surface area contributed by atoms with E-state index in [2.05, 4.69) is 17.2 Å². The van der Waals surface area contributed by atoms with Crippen molar-refractivity contribution in [3.63, 3.8) is 0 Å². The number of rotatable bonds is 5. The highest BCUT2D eigenvalue weighted by atomic mass is 16.5. The SMILES string of the molecule is CCc1ccccc1NC(=O)COc1ccnc2c1CCCC2. The molecule has 1 amide bonds.